The molecule has 0 spiro atoms. The molecule has 0 amide bonds. The van der Waals surface area contributed by atoms with Crippen LogP contribution >= 0.6 is 46.4 Å². The summed E-state index contributed by atoms with van der Waals surface area (Å²) in [5.74, 6) is 3.09. The van der Waals surface area contributed by atoms with Gasteiger partial charge in [0.2, 0.25) is 0 Å². The Hall–Kier alpha value is -2.39. The smallest absolute Gasteiger partial charge is 0.310 e. The zero-order valence-corrected chi connectivity index (χ0v) is 38.8. The second-order valence-electron chi connectivity index (χ2n) is 18.6. The Labute approximate surface area is 378 Å². The number of carboxylic acid groups (broad SMARTS) is 1. The first-order valence-corrected chi connectivity index (χ1v) is 24.5. The van der Waals surface area contributed by atoms with Gasteiger partial charge in [-0.1, -0.05) is 45.0 Å². The average molecular weight is 909 g/mol. The van der Waals surface area contributed by atoms with E-state index in [2.05, 4.69) is 30.6 Å². The molecule has 0 radical (unpaired) electrons. The first-order valence-electron chi connectivity index (χ1n) is 22.4. The second-order valence-corrected chi connectivity index (χ2v) is 20.1. The molecular formula is C48H66Cl4N2O6. The van der Waals surface area contributed by atoms with Crippen LogP contribution < -0.4 is 9.80 Å². The van der Waals surface area contributed by atoms with Crippen LogP contribution in [0.2, 0.25) is 0 Å². The number of hydrogen-bond donors (Lipinski definition) is 1. The predicted octanol–water partition coefficient (Wildman–Crippen LogP) is 10.6. The number of aliphatic carboxylic acids is 1. The van der Waals surface area contributed by atoms with E-state index >= 15 is 0 Å². The Kier molecular flexibility index (Phi) is 16.7. The van der Waals surface area contributed by atoms with Gasteiger partial charge in [-0.25, -0.2) is 0 Å². The van der Waals surface area contributed by atoms with Crippen molar-refractivity contribution in [2.45, 2.75) is 110 Å². The van der Waals surface area contributed by atoms with Crippen LogP contribution in [0.25, 0.3) is 0 Å². The predicted molar refractivity (Wildman–Crippen MR) is 244 cm³/mol. The van der Waals surface area contributed by atoms with E-state index in [1.54, 1.807) is 0 Å². The van der Waals surface area contributed by atoms with E-state index in [0.717, 1.165) is 73.9 Å². The maximum absolute atomic E-state index is 14.0. The lowest BCUT2D eigenvalue weighted by Crippen LogP contribution is -2.59. The molecule has 0 bridgehead atoms. The molecule has 0 unspecified atom stereocenters. The van der Waals surface area contributed by atoms with Crippen molar-refractivity contribution in [2.75, 3.05) is 59.5 Å². The summed E-state index contributed by atoms with van der Waals surface area (Å²) in [6, 6.07) is 16.1. The van der Waals surface area contributed by atoms with Gasteiger partial charge in [-0.3, -0.25) is 14.4 Å². The molecule has 1 N–H and O–H groups in total. The molecule has 60 heavy (non-hydrogen) atoms. The van der Waals surface area contributed by atoms with Gasteiger partial charge in [0.1, 0.15) is 12.2 Å². The zero-order chi connectivity index (χ0) is 43.0. The third kappa shape index (κ3) is 10.7. The summed E-state index contributed by atoms with van der Waals surface area (Å²) in [6.45, 7) is 9.84. The van der Waals surface area contributed by atoms with Gasteiger partial charge >= 0.3 is 17.9 Å². The Morgan fingerprint density at radius 3 is 1.77 bits per heavy atom. The Morgan fingerprint density at radius 1 is 0.717 bits per heavy atom. The molecule has 0 aromatic heterocycles. The molecule has 0 saturated heterocycles. The topological polar surface area (TPSA) is 96.4 Å². The van der Waals surface area contributed by atoms with Crippen LogP contribution in [0.4, 0.5) is 11.4 Å². The lowest BCUT2D eigenvalue weighted by atomic mass is 9.43. The number of halogens is 4. The first kappa shape index (κ1) is 47.1. The van der Waals surface area contributed by atoms with E-state index < -0.39 is 5.97 Å². The molecule has 10 atom stereocenters. The van der Waals surface area contributed by atoms with Gasteiger partial charge in [0.15, 0.2) is 0 Å². The standard InChI is InChI=1S/C48H66Cl4N2O6/c1-32(4-17-44(55)56)40-15-16-41-39-14-9-35-30-38(59-45(57)28-33-5-10-36(11-6-33)53(24-20-49)25-21-50)18-19-47(35,2)42(39)31-43(48(40,41)3)60-46(58)29-34-7-12-37(13-8-34)54(26-22-51)27-23-52/h5-8,10-13,32,35,38-43H,4,9,14-31H2,1-3H3,(H,55,56)/t32-,35+,38+,39+,40-,41+,42+,43-,47+,48-/m1/s1. The van der Waals surface area contributed by atoms with Gasteiger partial charge < -0.3 is 24.4 Å². The number of benzene rings is 2. The summed E-state index contributed by atoms with van der Waals surface area (Å²) in [5.41, 5.74) is 3.70. The fourth-order valence-electron chi connectivity index (χ4n) is 12.5. The number of carbonyl (C=O) groups is 3. The van der Waals surface area contributed by atoms with Gasteiger partial charge in [0, 0.05) is 72.9 Å². The Balaban J connectivity index is 1.14. The fourth-order valence-corrected chi connectivity index (χ4v) is 13.3. The molecule has 4 fully saturated rings. The van der Waals surface area contributed by atoms with Crippen LogP contribution in [0.3, 0.4) is 0 Å². The number of alkyl halides is 4. The maximum atomic E-state index is 14.0. The van der Waals surface area contributed by atoms with Crippen molar-refractivity contribution in [1.82, 2.24) is 0 Å². The highest BCUT2D eigenvalue weighted by Gasteiger charge is 2.65. The van der Waals surface area contributed by atoms with Gasteiger partial charge in [-0.15, -0.1) is 46.4 Å². The van der Waals surface area contributed by atoms with Crippen molar-refractivity contribution in [3.8, 4) is 0 Å². The number of nitrogens with zero attached hydrogens (tertiary/aromatic N) is 2. The normalized spacial score (nSPS) is 30.0. The number of esters is 2. The summed E-state index contributed by atoms with van der Waals surface area (Å²) in [4.78, 5) is 43.3. The molecule has 0 aliphatic heterocycles. The molecular weight excluding hydrogens is 842 g/mol. The number of ether oxygens (including phenoxy) is 2. The van der Waals surface area contributed by atoms with E-state index in [1.165, 1.54) is 0 Å². The summed E-state index contributed by atoms with van der Waals surface area (Å²) in [5, 5.41) is 9.58. The summed E-state index contributed by atoms with van der Waals surface area (Å²) in [6.07, 6.45) is 8.66. The van der Waals surface area contributed by atoms with Crippen LogP contribution in [-0.2, 0) is 36.7 Å². The first-order chi connectivity index (χ1) is 28.8. The summed E-state index contributed by atoms with van der Waals surface area (Å²) >= 11 is 24.1. The van der Waals surface area contributed by atoms with Crippen LogP contribution in [0.1, 0.15) is 96.1 Å². The van der Waals surface area contributed by atoms with Crippen LogP contribution in [0, 0.1) is 46.3 Å². The number of anilines is 2. The monoisotopic (exact) mass is 906 g/mol. The molecule has 12 heteroatoms. The third-order valence-electron chi connectivity index (χ3n) is 15.6. The number of fused-ring (bicyclic) bond motifs is 5. The number of rotatable bonds is 20. The molecule has 2 aromatic carbocycles. The van der Waals surface area contributed by atoms with Crippen molar-refractivity contribution in [2.24, 2.45) is 46.3 Å². The lowest BCUT2D eigenvalue weighted by molar-refractivity contribution is -0.199. The van der Waals surface area contributed by atoms with Crippen molar-refractivity contribution < 1.29 is 29.0 Å². The molecule has 6 rings (SSSR count). The fraction of sp³-hybridized carbons (Fsp3) is 0.688. The van der Waals surface area contributed by atoms with E-state index in [1.807, 2.05) is 48.5 Å². The minimum absolute atomic E-state index is 0.0480. The lowest BCUT2D eigenvalue weighted by Gasteiger charge is -2.62. The van der Waals surface area contributed by atoms with Gasteiger partial charge in [-0.2, -0.15) is 0 Å². The van der Waals surface area contributed by atoms with Gasteiger partial charge in [0.25, 0.3) is 0 Å². The zero-order valence-electron chi connectivity index (χ0n) is 35.8. The van der Waals surface area contributed by atoms with E-state index in [0.29, 0.717) is 79.8 Å². The van der Waals surface area contributed by atoms with E-state index in [4.69, 9.17) is 55.9 Å². The number of carbonyl (C=O) groups excluding carboxylic acids is 2. The Morgan fingerprint density at radius 2 is 1.25 bits per heavy atom. The Bertz CT molecular complexity index is 1720. The van der Waals surface area contributed by atoms with Crippen LogP contribution in [-0.4, -0.2) is 84.9 Å². The van der Waals surface area contributed by atoms with Crippen LogP contribution in [0.5, 0.6) is 0 Å². The molecule has 0 heterocycles. The van der Waals surface area contributed by atoms with E-state index in [9.17, 15) is 19.5 Å². The quantitative estimate of drug-likeness (QED) is 0.104. The van der Waals surface area contributed by atoms with Crippen molar-refractivity contribution >= 4 is 75.7 Å². The minimum Gasteiger partial charge on any atom is -0.481 e. The van der Waals surface area contributed by atoms with Crippen molar-refractivity contribution in [3.63, 3.8) is 0 Å². The molecule has 4 aliphatic rings. The molecule has 332 valence electrons. The SMILES string of the molecule is C[C@H](CCC(=O)O)[C@H]1CC[C@H]2[C@@H]3CC[C@H]4C[C@@H](OC(=O)Cc5ccc(N(CCCl)CCCl)cc5)CC[C@]4(C)[C@H]3C[C@@H](OC(=O)Cc3ccc(N(CCCl)CCCl)cc3)[C@]12C. The maximum Gasteiger partial charge on any atom is 0.310 e. The van der Waals surface area contributed by atoms with Crippen LogP contribution in [0.15, 0.2) is 48.5 Å². The van der Waals surface area contributed by atoms with E-state index in [-0.39, 0.29) is 66.1 Å². The van der Waals surface area contributed by atoms with Crippen molar-refractivity contribution in [3.05, 3.63) is 59.7 Å². The molecule has 4 aliphatic carbocycles. The highest BCUT2D eigenvalue weighted by Crippen LogP contribution is 2.69. The third-order valence-corrected chi connectivity index (χ3v) is 16.2. The number of carboxylic acids is 1. The molecule has 8 nitrogen and oxygen atoms in total. The molecule has 4 saturated carbocycles. The minimum atomic E-state index is -0.761. The summed E-state index contributed by atoms with van der Waals surface area (Å²) < 4.78 is 12.9. The second kappa shape index (κ2) is 21.3. The number of hydrogen-bond acceptors (Lipinski definition) is 7. The summed E-state index contributed by atoms with van der Waals surface area (Å²) in [7, 11) is 0. The van der Waals surface area contributed by atoms with Crippen molar-refractivity contribution in [1.29, 1.82) is 0 Å². The average Bonchev–Trinajstić information content (AvgIpc) is 3.59. The van der Waals surface area contributed by atoms with Gasteiger partial charge in [-0.05, 0) is 134 Å². The highest BCUT2D eigenvalue weighted by molar-refractivity contribution is 6.19. The molecule has 2 aromatic rings. The van der Waals surface area contributed by atoms with Gasteiger partial charge in [0.05, 0.1) is 12.8 Å². The largest absolute Gasteiger partial charge is 0.481 e. The highest BCUT2D eigenvalue weighted by atomic mass is 35.5.